The maximum Gasteiger partial charge on any atom is 0.137 e. The van der Waals surface area contributed by atoms with Gasteiger partial charge in [-0.05, 0) is 19.3 Å². The SMILES string of the molecule is CCC1CCCN1c1cc(Cl)nc(C(C)(C)C)n1. The normalized spacial score (nSPS) is 20.5. The van der Waals surface area contributed by atoms with Crippen LogP contribution < -0.4 is 4.90 Å². The van der Waals surface area contributed by atoms with Gasteiger partial charge < -0.3 is 4.90 Å². The molecule has 0 spiro atoms. The van der Waals surface area contributed by atoms with E-state index in [1.165, 1.54) is 12.8 Å². The van der Waals surface area contributed by atoms with Crippen molar-refractivity contribution in [3.8, 4) is 0 Å². The zero-order valence-electron chi connectivity index (χ0n) is 11.7. The average Bonchev–Trinajstić information content (AvgIpc) is 2.74. The van der Waals surface area contributed by atoms with Crippen molar-refractivity contribution in [3.63, 3.8) is 0 Å². The predicted octanol–water partition coefficient (Wildman–Crippen LogP) is 3.81. The summed E-state index contributed by atoms with van der Waals surface area (Å²) >= 11 is 6.15. The van der Waals surface area contributed by atoms with Gasteiger partial charge in [0, 0.05) is 24.1 Å². The first-order chi connectivity index (χ1) is 8.41. The maximum absolute atomic E-state index is 6.15. The van der Waals surface area contributed by atoms with E-state index in [4.69, 9.17) is 16.6 Å². The molecule has 18 heavy (non-hydrogen) atoms. The van der Waals surface area contributed by atoms with Crippen molar-refractivity contribution in [2.75, 3.05) is 11.4 Å². The molecule has 1 aliphatic heterocycles. The van der Waals surface area contributed by atoms with Crippen molar-refractivity contribution in [2.24, 2.45) is 0 Å². The third-order valence-corrected chi connectivity index (χ3v) is 3.69. The fraction of sp³-hybridized carbons (Fsp3) is 0.714. The van der Waals surface area contributed by atoms with E-state index in [1.807, 2.05) is 6.07 Å². The van der Waals surface area contributed by atoms with Crippen LogP contribution in [0.3, 0.4) is 0 Å². The van der Waals surface area contributed by atoms with E-state index in [-0.39, 0.29) is 5.41 Å². The van der Waals surface area contributed by atoms with Crippen LogP contribution >= 0.6 is 11.6 Å². The molecule has 0 saturated carbocycles. The van der Waals surface area contributed by atoms with Gasteiger partial charge in [-0.1, -0.05) is 39.3 Å². The van der Waals surface area contributed by atoms with E-state index in [1.54, 1.807) is 0 Å². The second-order valence-corrected chi connectivity index (χ2v) is 6.41. The molecule has 0 radical (unpaired) electrons. The molecule has 1 aromatic heterocycles. The van der Waals surface area contributed by atoms with Gasteiger partial charge in [0.05, 0.1) is 0 Å². The maximum atomic E-state index is 6.15. The van der Waals surface area contributed by atoms with Crippen molar-refractivity contribution in [3.05, 3.63) is 17.0 Å². The molecule has 100 valence electrons. The Morgan fingerprint density at radius 2 is 2.11 bits per heavy atom. The number of anilines is 1. The van der Waals surface area contributed by atoms with E-state index < -0.39 is 0 Å². The monoisotopic (exact) mass is 267 g/mol. The van der Waals surface area contributed by atoms with Crippen LogP contribution in [0, 0.1) is 0 Å². The first kappa shape index (κ1) is 13.6. The fourth-order valence-electron chi connectivity index (χ4n) is 2.45. The minimum Gasteiger partial charge on any atom is -0.353 e. The average molecular weight is 268 g/mol. The molecule has 0 N–H and O–H groups in total. The van der Waals surface area contributed by atoms with Crippen LogP contribution in [-0.2, 0) is 5.41 Å². The zero-order chi connectivity index (χ0) is 13.3. The van der Waals surface area contributed by atoms with Gasteiger partial charge in [-0.2, -0.15) is 0 Å². The van der Waals surface area contributed by atoms with Crippen LogP contribution in [0.2, 0.25) is 5.15 Å². The van der Waals surface area contributed by atoms with Crippen molar-refractivity contribution < 1.29 is 0 Å². The molecule has 1 aliphatic rings. The molecule has 2 heterocycles. The van der Waals surface area contributed by atoms with Gasteiger partial charge in [-0.3, -0.25) is 0 Å². The Hall–Kier alpha value is -0.830. The Morgan fingerprint density at radius 3 is 2.72 bits per heavy atom. The summed E-state index contributed by atoms with van der Waals surface area (Å²) in [6.45, 7) is 9.66. The molecule has 0 bridgehead atoms. The summed E-state index contributed by atoms with van der Waals surface area (Å²) in [6.07, 6.45) is 3.65. The van der Waals surface area contributed by atoms with Crippen LogP contribution in [0.4, 0.5) is 5.82 Å². The van der Waals surface area contributed by atoms with E-state index in [0.29, 0.717) is 11.2 Å². The summed E-state index contributed by atoms with van der Waals surface area (Å²) in [7, 11) is 0. The molecule has 1 saturated heterocycles. The van der Waals surface area contributed by atoms with E-state index in [0.717, 1.165) is 24.6 Å². The van der Waals surface area contributed by atoms with Crippen LogP contribution in [0.5, 0.6) is 0 Å². The number of halogens is 1. The van der Waals surface area contributed by atoms with Crippen LogP contribution in [0.15, 0.2) is 6.07 Å². The molecular weight excluding hydrogens is 246 g/mol. The Morgan fingerprint density at radius 1 is 1.39 bits per heavy atom. The Balaban J connectivity index is 2.36. The number of rotatable bonds is 2. The smallest absolute Gasteiger partial charge is 0.137 e. The highest BCUT2D eigenvalue weighted by molar-refractivity contribution is 6.29. The minimum absolute atomic E-state index is 0.0684. The van der Waals surface area contributed by atoms with E-state index in [2.05, 4.69) is 37.6 Å². The lowest BCUT2D eigenvalue weighted by molar-refractivity contribution is 0.542. The Bertz CT molecular complexity index is 426. The molecular formula is C14H22ClN3. The van der Waals surface area contributed by atoms with Gasteiger partial charge in [0.25, 0.3) is 0 Å². The topological polar surface area (TPSA) is 29.0 Å². The third kappa shape index (κ3) is 2.77. The molecule has 3 nitrogen and oxygen atoms in total. The lowest BCUT2D eigenvalue weighted by atomic mass is 9.96. The molecule has 0 amide bonds. The van der Waals surface area contributed by atoms with Crippen molar-refractivity contribution in [1.82, 2.24) is 9.97 Å². The molecule has 1 aromatic rings. The Kier molecular flexibility index (Phi) is 3.81. The van der Waals surface area contributed by atoms with Gasteiger partial charge in [-0.15, -0.1) is 0 Å². The fourth-order valence-corrected chi connectivity index (χ4v) is 2.63. The van der Waals surface area contributed by atoms with Gasteiger partial charge in [0.1, 0.15) is 16.8 Å². The summed E-state index contributed by atoms with van der Waals surface area (Å²) < 4.78 is 0. The zero-order valence-corrected chi connectivity index (χ0v) is 12.5. The molecule has 4 heteroatoms. The second-order valence-electron chi connectivity index (χ2n) is 6.02. The minimum atomic E-state index is -0.0684. The molecule has 1 atom stereocenters. The van der Waals surface area contributed by atoms with Gasteiger partial charge in [0.15, 0.2) is 0 Å². The Labute approximate surface area is 115 Å². The lowest BCUT2D eigenvalue weighted by Crippen LogP contribution is -2.30. The number of hydrogen-bond donors (Lipinski definition) is 0. The van der Waals surface area contributed by atoms with E-state index in [9.17, 15) is 0 Å². The van der Waals surface area contributed by atoms with Crippen LogP contribution in [-0.4, -0.2) is 22.6 Å². The second kappa shape index (κ2) is 5.04. The summed E-state index contributed by atoms with van der Waals surface area (Å²) in [5.41, 5.74) is -0.0684. The molecule has 1 fully saturated rings. The van der Waals surface area contributed by atoms with Crippen LogP contribution in [0.1, 0.15) is 52.8 Å². The first-order valence-corrected chi connectivity index (χ1v) is 7.11. The quantitative estimate of drug-likeness (QED) is 0.763. The lowest BCUT2D eigenvalue weighted by Gasteiger charge is -2.26. The van der Waals surface area contributed by atoms with Gasteiger partial charge in [0.2, 0.25) is 0 Å². The summed E-state index contributed by atoms with van der Waals surface area (Å²) in [6, 6.07) is 2.49. The van der Waals surface area contributed by atoms with Crippen molar-refractivity contribution >= 4 is 17.4 Å². The van der Waals surface area contributed by atoms with Gasteiger partial charge in [-0.25, -0.2) is 9.97 Å². The number of hydrogen-bond acceptors (Lipinski definition) is 3. The van der Waals surface area contributed by atoms with Crippen molar-refractivity contribution in [2.45, 2.75) is 58.4 Å². The third-order valence-electron chi connectivity index (χ3n) is 3.49. The molecule has 1 unspecified atom stereocenters. The molecule has 0 aromatic carbocycles. The van der Waals surface area contributed by atoms with Gasteiger partial charge >= 0.3 is 0 Å². The standard InChI is InChI=1S/C14H22ClN3/c1-5-10-7-6-8-18(10)12-9-11(15)16-13(17-12)14(2,3)4/h9-10H,5-8H2,1-4H3. The molecule has 0 aliphatic carbocycles. The number of aromatic nitrogens is 2. The molecule has 2 rings (SSSR count). The highest BCUT2D eigenvalue weighted by Crippen LogP contribution is 2.29. The predicted molar refractivity (Wildman–Crippen MR) is 76.4 cm³/mol. The van der Waals surface area contributed by atoms with Crippen LogP contribution in [0.25, 0.3) is 0 Å². The summed E-state index contributed by atoms with van der Waals surface area (Å²) in [5.74, 6) is 1.82. The summed E-state index contributed by atoms with van der Waals surface area (Å²) in [4.78, 5) is 11.4. The number of nitrogens with zero attached hydrogens (tertiary/aromatic N) is 3. The van der Waals surface area contributed by atoms with E-state index >= 15 is 0 Å². The summed E-state index contributed by atoms with van der Waals surface area (Å²) in [5, 5.41) is 0.548. The largest absolute Gasteiger partial charge is 0.353 e. The first-order valence-electron chi connectivity index (χ1n) is 6.73. The highest BCUT2D eigenvalue weighted by atomic mass is 35.5. The highest BCUT2D eigenvalue weighted by Gasteiger charge is 2.26. The van der Waals surface area contributed by atoms with Crippen molar-refractivity contribution in [1.29, 1.82) is 0 Å².